The highest BCUT2D eigenvalue weighted by molar-refractivity contribution is 7.85. The molecule has 1 aliphatic heterocycles. The van der Waals surface area contributed by atoms with Gasteiger partial charge in [-0.2, -0.15) is 0 Å². The average Bonchev–Trinajstić information content (AvgIpc) is 2.93. The largest absolute Gasteiger partial charge is 0.490 e. The highest BCUT2D eigenvalue weighted by atomic mass is 32.2. The molecule has 4 aromatic rings. The Hall–Kier alpha value is -3.51. The van der Waals surface area contributed by atoms with E-state index in [2.05, 4.69) is 68.4 Å². The molecule has 3 aromatic carbocycles. The monoisotopic (exact) mass is 541 g/mol. The molecular weight excluding hydrogens is 506 g/mol. The Balaban J connectivity index is 1.35. The molecule has 0 aliphatic carbocycles. The lowest BCUT2D eigenvalue weighted by Gasteiger charge is -2.24. The SMILES string of the molecule is CCOC(=O)CCc1ccc2nc(-c3cccc(-c4c(C)cc(OC5CCS(=O)CC5)cc4C)c3)ccc2c1. The predicted molar refractivity (Wildman–Crippen MR) is 159 cm³/mol. The first-order valence-corrected chi connectivity index (χ1v) is 15.2. The lowest BCUT2D eigenvalue weighted by molar-refractivity contribution is -0.143. The van der Waals surface area contributed by atoms with Crippen LogP contribution in [0.1, 0.15) is 42.9 Å². The number of benzene rings is 3. The number of ether oxygens (including phenoxy) is 2. The van der Waals surface area contributed by atoms with E-state index in [9.17, 15) is 9.00 Å². The van der Waals surface area contributed by atoms with Gasteiger partial charge in [-0.15, -0.1) is 0 Å². The van der Waals surface area contributed by atoms with Gasteiger partial charge in [0.1, 0.15) is 11.9 Å². The van der Waals surface area contributed by atoms with Crippen LogP contribution < -0.4 is 4.74 Å². The van der Waals surface area contributed by atoms with Gasteiger partial charge in [0.2, 0.25) is 0 Å². The van der Waals surface area contributed by atoms with Crippen molar-refractivity contribution >= 4 is 27.7 Å². The topological polar surface area (TPSA) is 65.5 Å². The number of fused-ring (bicyclic) bond motifs is 1. The lowest BCUT2D eigenvalue weighted by Crippen LogP contribution is -2.27. The molecule has 0 radical (unpaired) electrons. The van der Waals surface area contributed by atoms with E-state index in [1.165, 1.54) is 16.7 Å². The van der Waals surface area contributed by atoms with Crippen LogP contribution in [0.5, 0.6) is 5.75 Å². The summed E-state index contributed by atoms with van der Waals surface area (Å²) in [6.45, 7) is 6.50. The molecule has 1 aromatic heterocycles. The molecule has 5 nitrogen and oxygen atoms in total. The second-order valence-corrected chi connectivity index (χ2v) is 11.9. The molecule has 2 heterocycles. The minimum atomic E-state index is -0.688. The summed E-state index contributed by atoms with van der Waals surface area (Å²) < 4.78 is 23.0. The molecule has 1 fully saturated rings. The molecule has 6 heteroatoms. The highest BCUT2D eigenvalue weighted by Gasteiger charge is 2.20. The fourth-order valence-electron chi connectivity index (χ4n) is 5.33. The van der Waals surface area contributed by atoms with Crippen LogP contribution in [0.3, 0.4) is 0 Å². The van der Waals surface area contributed by atoms with E-state index in [1.807, 2.05) is 19.1 Å². The standard InChI is InChI=1S/C33H35NO4S/c1-4-37-32(35)13-9-24-8-11-30-26(20-24)10-12-31(34-30)25-6-5-7-27(21-25)33-22(2)18-29(19-23(33)3)38-28-14-16-39(36)17-15-28/h5-8,10-12,18-21,28H,4,9,13-17H2,1-3H3. The van der Waals surface area contributed by atoms with Crippen LogP contribution in [0, 0.1) is 13.8 Å². The molecule has 0 spiro atoms. The van der Waals surface area contributed by atoms with Crippen molar-refractivity contribution in [3.63, 3.8) is 0 Å². The number of hydrogen-bond acceptors (Lipinski definition) is 5. The van der Waals surface area contributed by atoms with E-state index in [-0.39, 0.29) is 12.1 Å². The smallest absolute Gasteiger partial charge is 0.306 e. The van der Waals surface area contributed by atoms with E-state index >= 15 is 0 Å². The van der Waals surface area contributed by atoms with Gasteiger partial charge in [-0.1, -0.05) is 30.3 Å². The molecule has 0 unspecified atom stereocenters. The second kappa shape index (κ2) is 12.1. The van der Waals surface area contributed by atoms with Crippen molar-refractivity contribution in [3.8, 4) is 28.1 Å². The van der Waals surface area contributed by atoms with Crippen molar-refractivity contribution < 1.29 is 18.5 Å². The zero-order chi connectivity index (χ0) is 27.4. The molecule has 39 heavy (non-hydrogen) atoms. The van der Waals surface area contributed by atoms with E-state index < -0.39 is 10.8 Å². The van der Waals surface area contributed by atoms with Gasteiger partial charge in [-0.3, -0.25) is 9.00 Å². The van der Waals surface area contributed by atoms with Gasteiger partial charge in [0.15, 0.2) is 0 Å². The van der Waals surface area contributed by atoms with Gasteiger partial charge in [0, 0.05) is 39.7 Å². The summed E-state index contributed by atoms with van der Waals surface area (Å²) in [7, 11) is -0.688. The van der Waals surface area contributed by atoms with Crippen LogP contribution in [0.25, 0.3) is 33.3 Å². The average molecular weight is 542 g/mol. The van der Waals surface area contributed by atoms with Crippen LogP contribution in [0.2, 0.25) is 0 Å². The summed E-state index contributed by atoms with van der Waals surface area (Å²) in [5, 5.41) is 1.06. The molecule has 1 aliphatic rings. The number of aryl methyl sites for hydroxylation is 3. The Bertz CT molecular complexity index is 1500. The van der Waals surface area contributed by atoms with Gasteiger partial charge in [-0.25, -0.2) is 4.98 Å². The Morgan fingerprint density at radius 1 is 0.949 bits per heavy atom. The molecule has 0 N–H and O–H groups in total. The maximum absolute atomic E-state index is 11.7. The Labute approximate surface area is 233 Å². The molecule has 0 atom stereocenters. The number of esters is 1. The summed E-state index contributed by atoms with van der Waals surface area (Å²) in [6.07, 6.45) is 2.88. The number of hydrogen-bond donors (Lipinski definition) is 0. The first-order chi connectivity index (χ1) is 18.9. The molecular formula is C33H35NO4S. The van der Waals surface area contributed by atoms with Crippen molar-refractivity contribution in [2.24, 2.45) is 0 Å². The molecule has 202 valence electrons. The quantitative estimate of drug-likeness (QED) is 0.225. The summed E-state index contributed by atoms with van der Waals surface area (Å²) >= 11 is 0. The maximum Gasteiger partial charge on any atom is 0.306 e. The third-order valence-electron chi connectivity index (χ3n) is 7.27. The Morgan fingerprint density at radius 3 is 2.44 bits per heavy atom. The lowest BCUT2D eigenvalue weighted by atomic mass is 9.93. The van der Waals surface area contributed by atoms with Crippen LogP contribution in [0.15, 0.2) is 66.7 Å². The second-order valence-electron chi connectivity index (χ2n) is 10.2. The molecule has 5 rings (SSSR count). The van der Waals surface area contributed by atoms with Crippen molar-refractivity contribution in [2.75, 3.05) is 18.1 Å². The Morgan fingerprint density at radius 2 is 1.69 bits per heavy atom. The summed E-state index contributed by atoms with van der Waals surface area (Å²) in [5.74, 6) is 2.18. The third-order valence-corrected chi connectivity index (χ3v) is 8.65. The Kier molecular flexibility index (Phi) is 8.41. The number of aromatic nitrogens is 1. The van der Waals surface area contributed by atoms with E-state index in [0.29, 0.717) is 19.4 Å². The summed E-state index contributed by atoms with van der Waals surface area (Å²) in [4.78, 5) is 16.7. The normalized spacial score (nSPS) is 17.2. The first kappa shape index (κ1) is 27.1. The summed E-state index contributed by atoms with van der Waals surface area (Å²) in [5.41, 5.74) is 8.72. The van der Waals surface area contributed by atoms with E-state index in [0.717, 1.165) is 63.4 Å². The van der Waals surface area contributed by atoms with Gasteiger partial charge >= 0.3 is 5.97 Å². The fourth-order valence-corrected chi connectivity index (χ4v) is 6.59. The highest BCUT2D eigenvalue weighted by Crippen LogP contribution is 2.34. The van der Waals surface area contributed by atoms with Crippen molar-refractivity contribution in [2.45, 2.75) is 52.6 Å². The van der Waals surface area contributed by atoms with Crippen molar-refractivity contribution in [1.29, 1.82) is 0 Å². The zero-order valence-electron chi connectivity index (χ0n) is 22.9. The van der Waals surface area contributed by atoms with Crippen molar-refractivity contribution in [3.05, 3.63) is 83.4 Å². The minimum absolute atomic E-state index is 0.142. The first-order valence-electron chi connectivity index (χ1n) is 13.7. The van der Waals surface area contributed by atoms with Gasteiger partial charge in [0.25, 0.3) is 0 Å². The minimum Gasteiger partial charge on any atom is -0.490 e. The van der Waals surface area contributed by atoms with Crippen LogP contribution in [0.4, 0.5) is 0 Å². The molecule has 0 saturated carbocycles. The number of carbonyl (C=O) groups is 1. The molecule has 1 saturated heterocycles. The van der Waals surface area contributed by atoms with Gasteiger partial charge in [-0.05, 0) is 104 Å². The number of nitrogens with zero attached hydrogens (tertiary/aromatic N) is 1. The number of rotatable bonds is 8. The van der Waals surface area contributed by atoms with Gasteiger partial charge in [0.05, 0.1) is 17.8 Å². The van der Waals surface area contributed by atoms with Crippen LogP contribution in [-0.2, 0) is 26.8 Å². The number of carbonyl (C=O) groups excluding carboxylic acids is 1. The molecule has 0 bridgehead atoms. The number of pyridine rings is 1. The van der Waals surface area contributed by atoms with E-state index in [1.54, 1.807) is 0 Å². The maximum atomic E-state index is 11.7. The zero-order valence-corrected chi connectivity index (χ0v) is 23.7. The predicted octanol–water partition coefficient (Wildman–Crippen LogP) is 6.97. The van der Waals surface area contributed by atoms with Crippen molar-refractivity contribution in [1.82, 2.24) is 4.98 Å². The molecule has 0 amide bonds. The fraction of sp³-hybridized carbons (Fsp3) is 0.333. The van der Waals surface area contributed by atoms with E-state index in [4.69, 9.17) is 14.5 Å². The van der Waals surface area contributed by atoms with Crippen LogP contribution >= 0.6 is 0 Å². The van der Waals surface area contributed by atoms with Crippen LogP contribution in [-0.4, -0.2) is 39.4 Å². The third kappa shape index (κ3) is 6.56. The van der Waals surface area contributed by atoms with Gasteiger partial charge < -0.3 is 9.47 Å². The summed E-state index contributed by atoms with van der Waals surface area (Å²) in [6, 6.07) is 23.1.